The van der Waals surface area contributed by atoms with E-state index in [2.05, 4.69) is 10.0 Å². The Balaban J connectivity index is 3.02. The van der Waals surface area contributed by atoms with Gasteiger partial charge in [-0.1, -0.05) is 0 Å². The molecule has 0 saturated heterocycles. The molecule has 0 aliphatic rings. The summed E-state index contributed by atoms with van der Waals surface area (Å²) in [6.07, 6.45) is 0. The summed E-state index contributed by atoms with van der Waals surface area (Å²) in [6.45, 7) is 12.1. The maximum atomic E-state index is 6.50. The maximum Gasteiger partial charge on any atom is 0.214 e. The normalized spacial score (nSPS) is 11.2. The van der Waals surface area contributed by atoms with Gasteiger partial charge in [0.2, 0.25) is 4.91 Å². The molecule has 0 aromatic rings. The molecule has 0 aliphatic carbocycles. The third kappa shape index (κ3) is 36.8. The highest BCUT2D eigenvalue weighted by Crippen LogP contribution is 1.87. The summed E-state index contributed by atoms with van der Waals surface area (Å²) in [5.41, 5.74) is 11.8. The van der Waals surface area contributed by atoms with Gasteiger partial charge in [0.15, 0.2) is 0 Å². The van der Waals surface area contributed by atoms with Crippen molar-refractivity contribution in [1.29, 1.82) is 5.53 Å². The number of rotatable bonds is 35. The second-order valence-corrected chi connectivity index (χ2v) is 7.49. The van der Waals surface area contributed by atoms with E-state index in [9.17, 15) is 0 Å². The summed E-state index contributed by atoms with van der Waals surface area (Å²) < 4.78 is 59.2. The van der Waals surface area contributed by atoms with Crippen LogP contribution in [0.5, 0.6) is 0 Å². The smallest absolute Gasteiger partial charge is 0.214 e. The van der Waals surface area contributed by atoms with Gasteiger partial charge < -0.3 is 57.8 Å². The van der Waals surface area contributed by atoms with Crippen molar-refractivity contribution in [3.63, 3.8) is 0 Å². The first-order chi connectivity index (χ1) is 19.4. The van der Waals surface area contributed by atoms with Crippen LogP contribution < -0.4 is 10.6 Å². The Morgan fingerprint density at radius 3 is 0.769 bits per heavy atom. The van der Waals surface area contributed by atoms with Crippen LogP contribution in [0.25, 0.3) is 0 Å². The van der Waals surface area contributed by atoms with E-state index in [-0.39, 0.29) is 0 Å². The van der Waals surface area contributed by atoms with Crippen LogP contribution in [0.3, 0.4) is 0 Å². The van der Waals surface area contributed by atoms with Crippen LogP contribution in [0, 0.1) is 5.53 Å². The first-order valence-electron chi connectivity index (χ1n) is 13.5. The van der Waals surface area contributed by atoms with E-state index in [1.54, 1.807) is 0 Å². The van der Waals surface area contributed by atoms with Gasteiger partial charge >= 0.3 is 0 Å². The molecule has 0 heterocycles. The first-order valence-corrected chi connectivity index (χ1v) is 13.5. The van der Waals surface area contributed by atoms with Crippen molar-refractivity contribution in [1.82, 2.24) is 4.91 Å². The van der Waals surface area contributed by atoms with Gasteiger partial charge in [0.1, 0.15) is 17.2 Å². The highest BCUT2D eigenvalue weighted by Gasteiger charge is 1.96. The average Bonchev–Trinajstić information content (AvgIpc) is 2.95. The van der Waals surface area contributed by atoms with Crippen molar-refractivity contribution in [3.05, 3.63) is 0 Å². The molecule has 0 fully saturated rings. The van der Waals surface area contributed by atoms with Crippen molar-refractivity contribution >= 4 is 0 Å². The summed E-state index contributed by atoms with van der Waals surface area (Å²) in [4.78, 5) is 2.89. The van der Waals surface area contributed by atoms with Crippen LogP contribution in [0.15, 0.2) is 5.11 Å². The molecule has 0 amide bonds. The number of ether oxygens (including phenoxy) is 11. The highest BCUT2D eigenvalue weighted by atomic mass is 16.6. The van der Waals surface area contributed by atoms with Gasteiger partial charge in [0.25, 0.3) is 0 Å². The molecule has 15 heteroatoms. The Labute approximate surface area is 232 Å². The zero-order chi connectivity index (χ0) is 28.2. The molecule has 0 spiro atoms. The molecule has 0 aromatic heterocycles. The third-order valence-electron chi connectivity index (χ3n) is 4.39. The van der Waals surface area contributed by atoms with Gasteiger partial charge in [0, 0.05) is 6.54 Å². The summed E-state index contributed by atoms with van der Waals surface area (Å²) in [6, 6.07) is 0. The van der Waals surface area contributed by atoms with E-state index in [0.717, 1.165) is 0 Å². The molecule has 15 nitrogen and oxygen atoms in total. The minimum atomic E-state index is 0.391. The number of nitrogens with zero attached hydrogens (tertiary/aromatic N) is 2. The summed E-state index contributed by atoms with van der Waals surface area (Å²) >= 11 is 0. The molecule has 0 aliphatic heterocycles. The van der Waals surface area contributed by atoms with Crippen molar-refractivity contribution < 1.29 is 52.1 Å². The molecular formula is C24H51N4O11+. The van der Waals surface area contributed by atoms with E-state index in [1.807, 2.05) is 0 Å². The number of hydrogen-bond acceptors (Lipinski definition) is 14. The van der Waals surface area contributed by atoms with Crippen molar-refractivity contribution in [2.75, 3.05) is 158 Å². The van der Waals surface area contributed by atoms with Crippen LogP contribution in [-0.4, -0.2) is 158 Å². The topological polar surface area (TPSA) is 178 Å². The monoisotopic (exact) mass is 571 g/mol. The van der Waals surface area contributed by atoms with Crippen molar-refractivity contribution in [2.24, 2.45) is 10.8 Å². The van der Waals surface area contributed by atoms with Gasteiger partial charge in [-0.3, -0.25) is 0 Å². The lowest BCUT2D eigenvalue weighted by atomic mass is 10.6. The molecule has 0 unspecified atom stereocenters. The number of hydrogen-bond donors (Lipinski definition) is 2. The zero-order valence-corrected chi connectivity index (χ0v) is 23.4. The van der Waals surface area contributed by atoms with E-state index < -0.39 is 0 Å². The minimum Gasteiger partial charge on any atom is -0.378 e. The maximum absolute atomic E-state index is 6.50. The Morgan fingerprint density at radius 2 is 0.564 bits per heavy atom. The number of nitrogens with one attached hydrogen (secondary N) is 1. The summed E-state index contributed by atoms with van der Waals surface area (Å²) in [7, 11) is 0. The van der Waals surface area contributed by atoms with Gasteiger partial charge in [-0.25, -0.2) is 0 Å². The van der Waals surface area contributed by atoms with Crippen LogP contribution in [0.2, 0.25) is 0 Å². The molecular weight excluding hydrogens is 520 g/mol. The molecule has 0 rings (SSSR count). The van der Waals surface area contributed by atoms with Crippen molar-refractivity contribution in [3.8, 4) is 0 Å². The zero-order valence-electron chi connectivity index (χ0n) is 23.4. The molecule has 0 aromatic carbocycles. The van der Waals surface area contributed by atoms with E-state index >= 15 is 0 Å². The SMILES string of the molecule is N=[N+]=NCCOCCOCCOCCOCCOCCOCCOCCOCCOCCOCCOCCN. The standard InChI is InChI=1S/C24H51N4O11/c25-1-3-29-5-7-31-9-11-33-13-15-35-17-19-37-21-23-39-24-22-38-20-18-36-16-14-34-12-10-32-8-6-30-4-2-27-28-26/h26H,1-25H2/q+1. The Kier molecular flexibility index (Phi) is 35.7. The second-order valence-electron chi connectivity index (χ2n) is 7.49. The fourth-order valence-electron chi connectivity index (χ4n) is 2.54. The minimum absolute atomic E-state index is 0.391. The van der Waals surface area contributed by atoms with Crippen LogP contribution in [0.1, 0.15) is 0 Å². The van der Waals surface area contributed by atoms with Gasteiger partial charge in [-0.2, -0.15) is 0 Å². The fraction of sp³-hybridized carbons (Fsp3) is 1.00. The molecule has 0 radical (unpaired) electrons. The molecule has 3 N–H and O–H groups in total. The summed E-state index contributed by atoms with van der Waals surface area (Å²) in [5.74, 6) is 0. The van der Waals surface area contributed by atoms with E-state index in [1.165, 1.54) is 0 Å². The second kappa shape index (κ2) is 36.8. The average molecular weight is 572 g/mol. The number of nitrogens with two attached hydrogens (primary N) is 1. The Hall–Kier alpha value is -1.17. The van der Waals surface area contributed by atoms with Crippen molar-refractivity contribution in [2.45, 2.75) is 0 Å². The van der Waals surface area contributed by atoms with Crippen LogP contribution >= 0.6 is 0 Å². The molecule has 0 bridgehead atoms. The van der Waals surface area contributed by atoms with Gasteiger partial charge in [0.05, 0.1) is 145 Å². The molecule has 39 heavy (non-hydrogen) atoms. The lowest BCUT2D eigenvalue weighted by molar-refractivity contribution is -0.0273. The molecule has 0 saturated carbocycles. The lowest BCUT2D eigenvalue weighted by Crippen LogP contribution is -2.15. The summed E-state index contributed by atoms with van der Waals surface area (Å²) in [5, 5.41) is 3.48. The lowest BCUT2D eigenvalue weighted by Gasteiger charge is -2.09. The predicted molar refractivity (Wildman–Crippen MR) is 140 cm³/mol. The Morgan fingerprint density at radius 1 is 0.359 bits per heavy atom. The van der Waals surface area contributed by atoms with Crippen LogP contribution in [-0.2, 0) is 52.1 Å². The highest BCUT2D eigenvalue weighted by molar-refractivity contribution is 4.39. The molecule has 232 valence electrons. The first kappa shape index (κ1) is 37.8. The third-order valence-corrected chi connectivity index (χ3v) is 4.39. The fourth-order valence-corrected chi connectivity index (χ4v) is 2.54. The quantitative estimate of drug-likeness (QED) is 0.0576. The van der Waals surface area contributed by atoms with E-state index in [0.29, 0.717) is 158 Å². The predicted octanol–water partition coefficient (Wildman–Crippen LogP) is -0.322. The van der Waals surface area contributed by atoms with Gasteiger partial charge in [-0.15, -0.1) is 0 Å². The van der Waals surface area contributed by atoms with Gasteiger partial charge in [-0.05, 0) is 0 Å². The van der Waals surface area contributed by atoms with Crippen LogP contribution in [0.4, 0.5) is 0 Å². The largest absolute Gasteiger partial charge is 0.378 e. The Bertz CT molecular complexity index is 507. The van der Waals surface area contributed by atoms with E-state index in [4.69, 9.17) is 63.4 Å². The molecule has 0 atom stereocenters.